The van der Waals surface area contributed by atoms with Crippen molar-refractivity contribution >= 4 is 17.9 Å². The van der Waals surface area contributed by atoms with Gasteiger partial charge in [0.05, 0.1) is 0 Å². The first-order valence-electron chi connectivity index (χ1n) is 4.65. The van der Waals surface area contributed by atoms with Crippen molar-refractivity contribution in [1.29, 1.82) is 5.26 Å². The van der Waals surface area contributed by atoms with Gasteiger partial charge in [0, 0.05) is 11.9 Å². The van der Waals surface area contributed by atoms with Crippen LogP contribution in [-0.4, -0.2) is 13.1 Å². The first-order valence-corrected chi connectivity index (χ1v) is 5.47. The Kier molecular flexibility index (Phi) is 4.20. The summed E-state index contributed by atoms with van der Waals surface area (Å²) in [5, 5.41) is 13.0. The van der Waals surface area contributed by atoms with E-state index in [1.54, 1.807) is 12.1 Å². The molecule has 1 aromatic carbocycles. The van der Waals surface area contributed by atoms with Gasteiger partial charge in [0.25, 0.3) is 0 Å². The molecule has 0 fully saturated rings. The van der Waals surface area contributed by atoms with Gasteiger partial charge in [0.2, 0.25) is 0 Å². The fraction of sp³-hybridized carbons (Fsp3) is 0.273. The summed E-state index contributed by atoms with van der Waals surface area (Å²) in [7, 11) is 1.50. The number of thiocyanates is 1. The molecular formula is C11H12N2O2S. The number of rotatable bonds is 2. The minimum absolute atomic E-state index is 0.483. The molecule has 0 heterocycles. The SMILES string of the molecule is CNC(=O)Oc1cc(C)c(SC#N)c(C)c1. The molecule has 0 aromatic heterocycles. The predicted octanol–water partition coefficient (Wildman–Crippen LogP) is 2.59. The van der Waals surface area contributed by atoms with Crippen LogP contribution >= 0.6 is 11.8 Å². The Balaban J connectivity index is 3.01. The summed E-state index contributed by atoms with van der Waals surface area (Å²) in [6.45, 7) is 3.76. The summed E-state index contributed by atoms with van der Waals surface area (Å²) in [6, 6.07) is 3.48. The van der Waals surface area contributed by atoms with Crippen LogP contribution in [0.4, 0.5) is 4.79 Å². The third kappa shape index (κ3) is 2.91. The first-order chi connectivity index (χ1) is 7.58. The van der Waals surface area contributed by atoms with E-state index in [2.05, 4.69) is 5.32 Å². The van der Waals surface area contributed by atoms with Gasteiger partial charge in [-0.15, -0.1) is 0 Å². The monoisotopic (exact) mass is 236 g/mol. The third-order valence-corrected chi connectivity index (χ3v) is 2.94. The van der Waals surface area contributed by atoms with E-state index in [0.29, 0.717) is 5.75 Å². The van der Waals surface area contributed by atoms with Crippen molar-refractivity contribution in [1.82, 2.24) is 5.32 Å². The van der Waals surface area contributed by atoms with Crippen molar-refractivity contribution in [2.24, 2.45) is 0 Å². The number of hydrogen-bond acceptors (Lipinski definition) is 4. The maximum absolute atomic E-state index is 11.0. The van der Waals surface area contributed by atoms with Crippen molar-refractivity contribution in [3.05, 3.63) is 23.3 Å². The molecule has 1 amide bonds. The van der Waals surface area contributed by atoms with Crippen molar-refractivity contribution in [3.8, 4) is 11.2 Å². The molecule has 0 aliphatic carbocycles. The quantitative estimate of drug-likeness (QED) is 0.633. The van der Waals surface area contributed by atoms with Gasteiger partial charge >= 0.3 is 6.09 Å². The standard InChI is InChI=1S/C11H12N2O2S/c1-7-4-9(15-11(14)13-3)5-8(2)10(7)16-6-12/h4-5H,1-3H3,(H,13,14). The number of carbonyl (C=O) groups excluding carboxylic acids is 1. The molecule has 0 saturated heterocycles. The number of thioether (sulfide) groups is 1. The molecule has 1 N–H and O–H groups in total. The van der Waals surface area contributed by atoms with Gasteiger partial charge in [-0.2, -0.15) is 5.26 Å². The van der Waals surface area contributed by atoms with E-state index in [4.69, 9.17) is 10.00 Å². The van der Waals surface area contributed by atoms with Crippen LogP contribution in [0.2, 0.25) is 0 Å². The van der Waals surface area contributed by atoms with E-state index in [1.165, 1.54) is 7.05 Å². The molecule has 4 nitrogen and oxygen atoms in total. The molecule has 0 atom stereocenters. The van der Waals surface area contributed by atoms with Crippen molar-refractivity contribution in [2.75, 3.05) is 7.05 Å². The summed E-state index contributed by atoms with van der Waals surface area (Å²) in [4.78, 5) is 11.9. The second kappa shape index (κ2) is 5.42. The Bertz CT molecular complexity index is 429. The Morgan fingerprint density at radius 1 is 1.44 bits per heavy atom. The molecule has 0 radical (unpaired) electrons. The van der Waals surface area contributed by atoms with E-state index in [0.717, 1.165) is 27.8 Å². The van der Waals surface area contributed by atoms with Gasteiger partial charge in [0.1, 0.15) is 11.2 Å². The zero-order valence-electron chi connectivity index (χ0n) is 9.33. The Morgan fingerprint density at radius 3 is 2.44 bits per heavy atom. The number of ether oxygens (including phenoxy) is 1. The highest BCUT2D eigenvalue weighted by Crippen LogP contribution is 2.29. The molecule has 0 bridgehead atoms. The van der Waals surface area contributed by atoms with Crippen molar-refractivity contribution < 1.29 is 9.53 Å². The molecular weight excluding hydrogens is 224 g/mol. The van der Waals surface area contributed by atoms with E-state index in [-0.39, 0.29) is 0 Å². The van der Waals surface area contributed by atoms with Crippen LogP contribution in [0.1, 0.15) is 11.1 Å². The number of hydrogen-bond donors (Lipinski definition) is 1. The fourth-order valence-corrected chi connectivity index (χ4v) is 1.87. The van der Waals surface area contributed by atoms with Crippen LogP contribution in [0.15, 0.2) is 17.0 Å². The van der Waals surface area contributed by atoms with Gasteiger partial charge in [-0.05, 0) is 48.9 Å². The molecule has 0 unspecified atom stereocenters. The number of nitrogens with zero attached hydrogens (tertiary/aromatic N) is 1. The second-order valence-corrected chi connectivity index (χ2v) is 4.01. The predicted molar refractivity (Wildman–Crippen MR) is 62.5 cm³/mol. The summed E-state index contributed by atoms with van der Waals surface area (Å²) >= 11 is 1.11. The number of aryl methyl sites for hydroxylation is 2. The maximum atomic E-state index is 11.0. The average molecular weight is 236 g/mol. The lowest BCUT2D eigenvalue weighted by molar-refractivity contribution is 0.203. The molecule has 16 heavy (non-hydrogen) atoms. The topological polar surface area (TPSA) is 62.1 Å². The molecule has 0 spiro atoms. The second-order valence-electron chi connectivity index (χ2n) is 3.22. The van der Waals surface area contributed by atoms with Gasteiger partial charge in [0.15, 0.2) is 0 Å². The highest BCUT2D eigenvalue weighted by Gasteiger charge is 2.08. The fourth-order valence-electron chi connectivity index (χ4n) is 1.33. The molecule has 1 rings (SSSR count). The van der Waals surface area contributed by atoms with Crippen LogP contribution in [0.5, 0.6) is 5.75 Å². The minimum Gasteiger partial charge on any atom is -0.410 e. The van der Waals surface area contributed by atoms with Gasteiger partial charge in [-0.25, -0.2) is 4.79 Å². The minimum atomic E-state index is -0.500. The summed E-state index contributed by atoms with van der Waals surface area (Å²) in [5.41, 5.74) is 1.84. The largest absolute Gasteiger partial charge is 0.412 e. The van der Waals surface area contributed by atoms with Crippen LogP contribution in [0.3, 0.4) is 0 Å². The molecule has 0 aliphatic heterocycles. The zero-order chi connectivity index (χ0) is 12.1. The number of amides is 1. The lowest BCUT2D eigenvalue weighted by atomic mass is 10.1. The summed E-state index contributed by atoms with van der Waals surface area (Å²) < 4.78 is 5.02. The number of carbonyl (C=O) groups is 1. The third-order valence-electron chi connectivity index (χ3n) is 2.00. The Morgan fingerprint density at radius 2 is 2.00 bits per heavy atom. The lowest BCUT2D eigenvalue weighted by Gasteiger charge is -2.09. The number of nitriles is 1. The van der Waals surface area contributed by atoms with E-state index >= 15 is 0 Å². The van der Waals surface area contributed by atoms with Gasteiger partial charge in [-0.1, -0.05) is 0 Å². The Hall–Kier alpha value is -1.67. The average Bonchev–Trinajstić information content (AvgIpc) is 2.23. The maximum Gasteiger partial charge on any atom is 0.412 e. The first kappa shape index (κ1) is 12.4. The molecule has 5 heteroatoms. The van der Waals surface area contributed by atoms with Crippen LogP contribution < -0.4 is 10.1 Å². The van der Waals surface area contributed by atoms with Gasteiger partial charge < -0.3 is 10.1 Å². The zero-order valence-corrected chi connectivity index (χ0v) is 10.1. The lowest BCUT2D eigenvalue weighted by Crippen LogP contribution is -2.22. The van der Waals surface area contributed by atoms with Crippen LogP contribution in [0.25, 0.3) is 0 Å². The molecule has 0 aliphatic rings. The molecule has 84 valence electrons. The van der Waals surface area contributed by atoms with Crippen molar-refractivity contribution in [2.45, 2.75) is 18.7 Å². The van der Waals surface area contributed by atoms with Crippen LogP contribution in [0, 0.1) is 24.5 Å². The van der Waals surface area contributed by atoms with Crippen molar-refractivity contribution in [3.63, 3.8) is 0 Å². The van der Waals surface area contributed by atoms with E-state index in [1.807, 2.05) is 19.2 Å². The molecule has 1 aromatic rings. The number of benzene rings is 1. The van der Waals surface area contributed by atoms with Crippen LogP contribution in [-0.2, 0) is 0 Å². The van der Waals surface area contributed by atoms with E-state index < -0.39 is 6.09 Å². The Labute approximate surface area is 98.6 Å². The smallest absolute Gasteiger partial charge is 0.410 e. The highest BCUT2D eigenvalue weighted by atomic mass is 32.2. The number of nitrogens with one attached hydrogen (secondary N) is 1. The highest BCUT2D eigenvalue weighted by molar-refractivity contribution is 8.03. The van der Waals surface area contributed by atoms with Gasteiger partial charge in [-0.3, -0.25) is 0 Å². The molecule has 0 saturated carbocycles. The van der Waals surface area contributed by atoms with E-state index in [9.17, 15) is 4.79 Å². The summed E-state index contributed by atoms with van der Waals surface area (Å²) in [6.07, 6.45) is -0.500. The normalized spacial score (nSPS) is 9.38. The summed E-state index contributed by atoms with van der Waals surface area (Å²) in [5.74, 6) is 0.483.